The van der Waals surface area contributed by atoms with Gasteiger partial charge in [-0.15, -0.1) is 0 Å². The Morgan fingerprint density at radius 1 is 1.18 bits per heavy atom. The molecule has 2 aromatic heterocycles. The second-order valence-corrected chi connectivity index (χ2v) is 5.71. The largest absolute Gasteiger partial charge is 0.355 e. The average Bonchev–Trinajstić information content (AvgIpc) is 3.24. The van der Waals surface area contributed by atoms with Crippen molar-refractivity contribution in [3.63, 3.8) is 0 Å². The Morgan fingerprint density at radius 2 is 2.09 bits per heavy atom. The first kappa shape index (κ1) is 13.3. The molecule has 4 rings (SSSR count). The van der Waals surface area contributed by atoms with Crippen molar-refractivity contribution >= 4 is 16.9 Å². The van der Waals surface area contributed by atoms with Crippen LogP contribution in [-0.2, 0) is 0 Å². The van der Waals surface area contributed by atoms with Crippen molar-refractivity contribution in [2.45, 2.75) is 12.5 Å². The molecular weight excluding hydrogens is 274 g/mol. The normalized spacial score (nSPS) is 18.0. The third kappa shape index (κ3) is 2.23. The summed E-state index contributed by atoms with van der Waals surface area (Å²) < 4.78 is 2.04. The molecule has 0 aliphatic carbocycles. The molecule has 5 nitrogen and oxygen atoms in total. The lowest BCUT2D eigenvalue weighted by Gasteiger charge is -2.25. The number of imidazole rings is 1. The zero-order valence-electron chi connectivity index (χ0n) is 12.6. The van der Waals surface area contributed by atoms with Gasteiger partial charge in [-0.3, -0.25) is 4.57 Å². The lowest BCUT2D eigenvalue weighted by Crippen LogP contribution is -2.34. The van der Waals surface area contributed by atoms with Crippen LogP contribution in [0.25, 0.3) is 16.9 Å². The minimum Gasteiger partial charge on any atom is -0.355 e. The number of nitrogens with zero attached hydrogens (tertiary/aromatic N) is 4. The van der Waals surface area contributed by atoms with Crippen LogP contribution in [0.3, 0.4) is 0 Å². The average molecular weight is 293 g/mol. The van der Waals surface area contributed by atoms with Gasteiger partial charge in [0.15, 0.2) is 0 Å². The monoisotopic (exact) mass is 293 g/mol. The van der Waals surface area contributed by atoms with Crippen molar-refractivity contribution in [1.82, 2.24) is 19.9 Å². The summed E-state index contributed by atoms with van der Waals surface area (Å²) in [5.41, 5.74) is 2.07. The summed E-state index contributed by atoms with van der Waals surface area (Å²) in [6, 6.07) is 14.8. The topological polar surface area (TPSA) is 46.0 Å². The Balaban J connectivity index is 1.72. The van der Waals surface area contributed by atoms with Crippen molar-refractivity contribution in [2.24, 2.45) is 0 Å². The minimum atomic E-state index is 0.516. The van der Waals surface area contributed by atoms with E-state index in [4.69, 9.17) is 4.98 Å². The molecule has 1 N–H and O–H groups in total. The van der Waals surface area contributed by atoms with Gasteiger partial charge in [0.1, 0.15) is 18.0 Å². The summed E-state index contributed by atoms with van der Waals surface area (Å²) in [5, 5.41) is 3.40. The highest BCUT2D eigenvalue weighted by Gasteiger charge is 2.20. The van der Waals surface area contributed by atoms with E-state index < -0.39 is 0 Å². The van der Waals surface area contributed by atoms with E-state index in [0.29, 0.717) is 6.04 Å². The number of anilines is 1. The summed E-state index contributed by atoms with van der Waals surface area (Å²) >= 11 is 0. The summed E-state index contributed by atoms with van der Waals surface area (Å²) in [6.07, 6.45) is 3.00. The van der Waals surface area contributed by atoms with Crippen LogP contribution in [0, 0.1) is 0 Å². The molecule has 1 fully saturated rings. The second kappa shape index (κ2) is 5.42. The van der Waals surface area contributed by atoms with Gasteiger partial charge in [0.05, 0.1) is 11.0 Å². The highest BCUT2D eigenvalue weighted by molar-refractivity contribution is 5.76. The highest BCUT2D eigenvalue weighted by Crippen LogP contribution is 2.20. The fourth-order valence-electron chi connectivity index (χ4n) is 3.04. The molecule has 3 aromatic rings. The molecule has 1 atom stereocenters. The lowest BCUT2D eigenvalue weighted by atomic mass is 10.2. The number of fused-ring (bicyclic) bond motifs is 1. The Morgan fingerprint density at radius 3 is 2.95 bits per heavy atom. The SMILES string of the molecule is CN(c1cccc(-n2cnc3ccccc32)n1)C1CCNC1. The van der Waals surface area contributed by atoms with E-state index in [1.165, 1.54) is 0 Å². The molecular formula is C17H19N5. The fourth-order valence-corrected chi connectivity index (χ4v) is 3.04. The molecule has 0 saturated carbocycles. The number of hydrogen-bond donors (Lipinski definition) is 1. The van der Waals surface area contributed by atoms with Crippen LogP contribution in [0.5, 0.6) is 0 Å². The van der Waals surface area contributed by atoms with Crippen LogP contribution < -0.4 is 10.2 Å². The first-order valence-corrected chi connectivity index (χ1v) is 7.66. The Kier molecular flexibility index (Phi) is 3.27. The van der Waals surface area contributed by atoms with Crippen LogP contribution in [0.4, 0.5) is 5.82 Å². The van der Waals surface area contributed by atoms with E-state index in [2.05, 4.69) is 40.4 Å². The third-order valence-electron chi connectivity index (χ3n) is 4.36. The number of rotatable bonds is 3. The van der Waals surface area contributed by atoms with E-state index in [0.717, 1.165) is 42.2 Å². The van der Waals surface area contributed by atoms with Crippen LogP contribution in [-0.4, -0.2) is 40.7 Å². The van der Waals surface area contributed by atoms with Crippen LogP contribution in [0.15, 0.2) is 48.8 Å². The first-order chi connectivity index (χ1) is 10.8. The first-order valence-electron chi connectivity index (χ1n) is 7.66. The predicted octanol–water partition coefficient (Wildman–Crippen LogP) is 2.22. The maximum absolute atomic E-state index is 4.83. The Labute approximate surface area is 129 Å². The van der Waals surface area contributed by atoms with Gasteiger partial charge in [-0.1, -0.05) is 18.2 Å². The Bertz CT molecular complexity index is 788. The summed E-state index contributed by atoms with van der Waals surface area (Å²) in [5.74, 6) is 1.91. The van der Waals surface area contributed by atoms with E-state index in [1.807, 2.05) is 35.2 Å². The fraction of sp³-hybridized carbons (Fsp3) is 0.294. The minimum absolute atomic E-state index is 0.516. The van der Waals surface area contributed by atoms with Crippen molar-refractivity contribution in [3.8, 4) is 5.82 Å². The van der Waals surface area contributed by atoms with Gasteiger partial charge in [-0.05, 0) is 37.2 Å². The van der Waals surface area contributed by atoms with Crippen LogP contribution in [0.1, 0.15) is 6.42 Å². The number of likely N-dealkylation sites (N-methyl/N-ethyl adjacent to an activating group) is 1. The molecule has 1 aromatic carbocycles. The number of pyridine rings is 1. The molecule has 1 saturated heterocycles. The van der Waals surface area contributed by atoms with Gasteiger partial charge >= 0.3 is 0 Å². The van der Waals surface area contributed by atoms with Gasteiger partial charge in [-0.25, -0.2) is 9.97 Å². The number of benzene rings is 1. The maximum atomic E-state index is 4.83. The standard InChI is InChI=1S/C17H19N5/c1-21(13-9-10-18-11-13)16-7-4-8-17(20-16)22-12-19-14-5-2-3-6-15(14)22/h2-8,12-13,18H,9-11H2,1H3. The number of hydrogen-bond acceptors (Lipinski definition) is 4. The van der Waals surface area contributed by atoms with E-state index in [9.17, 15) is 0 Å². The van der Waals surface area contributed by atoms with E-state index in [-0.39, 0.29) is 0 Å². The highest BCUT2D eigenvalue weighted by atomic mass is 15.2. The smallest absolute Gasteiger partial charge is 0.140 e. The molecule has 5 heteroatoms. The van der Waals surface area contributed by atoms with Gasteiger partial charge in [0, 0.05) is 19.6 Å². The molecule has 0 amide bonds. The molecule has 1 unspecified atom stereocenters. The van der Waals surface area contributed by atoms with Crippen LogP contribution >= 0.6 is 0 Å². The van der Waals surface area contributed by atoms with Gasteiger partial charge in [-0.2, -0.15) is 0 Å². The van der Waals surface area contributed by atoms with Gasteiger partial charge in [0.25, 0.3) is 0 Å². The van der Waals surface area contributed by atoms with Crippen molar-refractivity contribution < 1.29 is 0 Å². The van der Waals surface area contributed by atoms with Crippen LogP contribution in [0.2, 0.25) is 0 Å². The molecule has 112 valence electrons. The number of aromatic nitrogens is 3. The zero-order chi connectivity index (χ0) is 14.9. The van der Waals surface area contributed by atoms with E-state index in [1.54, 1.807) is 0 Å². The molecule has 22 heavy (non-hydrogen) atoms. The predicted molar refractivity (Wildman–Crippen MR) is 88.5 cm³/mol. The summed E-state index contributed by atoms with van der Waals surface area (Å²) in [6.45, 7) is 2.11. The molecule has 1 aliphatic heterocycles. The second-order valence-electron chi connectivity index (χ2n) is 5.71. The molecule has 0 radical (unpaired) electrons. The number of nitrogens with one attached hydrogen (secondary N) is 1. The molecule has 3 heterocycles. The lowest BCUT2D eigenvalue weighted by molar-refractivity contribution is 0.677. The van der Waals surface area contributed by atoms with Gasteiger partial charge < -0.3 is 10.2 Å². The van der Waals surface area contributed by atoms with Crippen molar-refractivity contribution in [2.75, 3.05) is 25.0 Å². The van der Waals surface area contributed by atoms with Crippen molar-refractivity contribution in [1.29, 1.82) is 0 Å². The summed E-state index contributed by atoms with van der Waals surface area (Å²) in [4.78, 5) is 11.5. The molecule has 1 aliphatic rings. The van der Waals surface area contributed by atoms with Gasteiger partial charge in [0.2, 0.25) is 0 Å². The molecule has 0 spiro atoms. The zero-order valence-corrected chi connectivity index (χ0v) is 12.6. The van der Waals surface area contributed by atoms with Crippen molar-refractivity contribution in [3.05, 3.63) is 48.8 Å². The quantitative estimate of drug-likeness (QED) is 0.804. The van der Waals surface area contributed by atoms with E-state index >= 15 is 0 Å². The summed E-state index contributed by atoms with van der Waals surface area (Å²) in [7, 11) is 2.12. The Hall–Kier alpha value is -2.40. The third-order valence-corrected chi connectivity index (χ3v) is 4.36. The molecule has 0 bridgehead atoms. The number of para-hydroxylation sites is 2. The maximum Gasteiger partial charge on any atom is 0.140 e.